The first-order chi connectivity index (χ1) is 68.3. The van der Waals surface area contributed by atoms with E-state index in [4.69, 9.17) is 99.5 Å². The standard InChI is InChI=1S/C102H138N6O36/c1-97(2,3)142-94(121)103-79(91(118)106-100(61-133-46-37-82(109)124-10,62-134-47-38-83(110)125-11)63-135-48-39-84(111)126-12)58-73-28-19-70(20-29-73)25-34-76-55-77(35-26-71-21-30-74(31-22-71)59-80(104-95(122)143-98(4,5)6)92(119)107-101(64-136-49-40-85(112)127-13,65-137-50-41-86(113)128-14)66-138-51-42-87(114)129-15)57-78(56-76)36-27-72-23-32-75(33-24-72)60-81(105-96(123)144-99(7,8)9)93(120)108-102(67-139-52-43-88(115)130-16,68-140-53-44-89(116)131-17)69-141-54-45-90(117)132-18/h19-24,28-33,55-57,79-81H,37-54,58-69H2,1-18H3,(H,103,121)(H,104,122)(H,105,123)(H,106,118)(H,107,119)(H,108,120)/t79-,80-,81-/m0/s1. The van der Waals surface area contributed by atoms with E-state index in [0.717, 1.165) is 0 Å². The molecule has 4 aromatic rings. The molecule has 0 radical (unpaired) electrons. The van der Waals surface area contributed by atoms with Crippen LogP contribution >= 0.6 is 0 Å². The molecular formula is C102H138N6O36. The quantitative estimate of drug-likeness (QED) is 0.0128. The highest BCUT2D eigenvalue weighted by molar-refractivity contribution is 5.89. The van der Waals surface area contributed by atoms with Crippen molar-refractivity contribution >= 4 is 89.7 Å². The average molecular weight is 2020 g/mol. The van der Waals surface area contributed by atoms with Crippen LogP contribution in [0.4, 0.5) is 14.4 Å². The van der Waals surface area contributed by atoms with Crippen LogP contribution in [0.15, 0.2) is 91.0 Å². The lowest BCUT2D eigenvalue weighted by atomic mass is 9.99. The zero-order chi connectivity index (χ0) is 107. The number of hydrogen-bond acceptors (Lipinski definition) is 36. The van der Waals surface area contributed by atoms with Gasteiger partial charge in [0.05, 0.1) is 241 Å². The fourth-order valence-corrected chi connectivity index (χ4v) is 12.6. The van der Waals surface area contributed by atoms with E-state index in [1.165, 1.54) is 64.0 Å². The number of esters is 9. The summed E-state index contributed by atoms with van der Waals surface area (Å²) in [5.74, 6) is 11.6. The predicted octanol–water partition coefficient (Wildman–Crippen LogP) is 5.98. The van der Waals surface area contributed by atoms with Gasteiger partial charge in [0.15, 0.2) is 0 Å². The van der Waals surface area contributed by atoms with Gasteiger partial charge < -0.3 is 131 Å². The number of ether oxygens (including phenoxy) is 21. The number of alkyl carbamates (subject to hydrolysis) is 3. The summed E-state index contributed by atoms with van der Waals surface area (Å²) < 4.78 is 113. The fraction of sp³-hybridized carbons (Fsp3) is 0.559. The zero-order valence-corrected chi connectivity index (χ0v) is 85.3. The minimum absolute atomic E-state index is 0.153. The van der Waals surface area contributed by atoms with E-state index in [9.17, 15) is 71.9 Å². The van der Waals surface area contributed by atoms with E-state index in [2.05, 4.69) is 67.4 Å². The summed E-state index contributed by atoms with van der Waals surface area (Å²) in [5.41, 5.74) is -3.60. The second-order valence-electron chi connectivity index (χ2n) is 35.6. The number of nitrogens with one attached hydrogen (secondary N) is 6. The third kappa shape index (κ3) is 52.6. The van der Waals surface area contributed by atoms with E-state index in [1.807, 2.05) is 0 Å². The Morgan fingerprint density at radius 2 is 0.389 bits per heavy atom. The van der Waals surface area contributed by atoms with Crippen LogP contribution in [-0.2, 0) is 176 Å². The molecule has 0 spiro atoms. The third-order valence-electron chi connectivity index (χ3n) is 19.9. The Labute approximate surface area is 839 Å². The molecule has 0 aliphatic rings. The Morgan fingerprint density at radius 3 is 0.535 bits per heavy atom. The first-order valence-electron chi connectivity index (χ1n) is 46.1. The second-order valence-corrected chi connectivity index (χ2v) is 35.6. The molecule has 0 saturated heterocycles. The summed E-state index contributed by atoms with van der Waals surface area (Å²) in [6.07, 6.45) is -4.91. The van der Waals surface area contributed by atoms with Gasteiger partial charge >= 0.3 is 72.0 Å². The minimum Gasteiger partial charge on any atom is -0.469 e. The first-order valence-corrected chi connectivity index (χ1v) is 46.1. The number of amides is 6. The van der Waals surface area contributed by atoms with Crippen molar-refractivity contribution < 1.29 is 171 Å². The summed E-state index contributed by atoms with van der Waals surface area (Å²) in [6, 6.07) is 21.3. The van der Waals surface area contributed by atoms with Crippen LogP contribution in [0, 0.1) is 35.5 Å². The molecule has 0 saturated carbocycles. The summed E-state index contributed by atoms with van der Waals surface area (Å²) in [5, 5.41) is 16.8. The van der Waals surface area contributed by atoms with Gasteiger partial charge in [0, 0.05) is 52.6 Å². The molecule has 0 heterocycles. The number of methoxy groups -OCH3 is 9. The molecule has 0 fully saturated rings. The molecule has 3 atom stereocenters. The Bertz CT molecular complexity index is 4330. The smallest absolute Gasteiger partial charge is 0.408 e. The molecular weight excluding hydrogens is 1890 g/mol. The molecule has 144 heavy (non-hydrogen) atoms. The fourth-order valence-electron chi connectivity index (χ4n) is 12.6. The lowest BCUT2D eigenvalue weighted by Crippen LogP contribution is -2.63. The Hall–Kier alpha value is -13.4. The molecule has 6 amide bonds. The summed E-state index contributed by atoms with van der Waals surface area (Å²) in [6.45, 7) is 9.91. The molecule has 42 heteroatoms. The van der Waals surface area contributed by atoms with Gasteiger partial charge in [0.2, 0.25) is 17.7 Å². The van der Waals surface area contributed by atoms with Crippen LogP contribution in [0.5, 0.6) is 0 Å². The third-order valence-corrected chi connectivity index (χ3v) is 19.9. The van der Waals surface area contributed by atoms with Crippen molar-refractivity contribution in [2.24, 2.45) is 0 Å². The Morgan fingerprint density at radius 1 is 0.236 bits per heavy atom. The van der Waals surface area contributed by atoms with Crippen LogP contribution in [0.25, 0.3) is 0 Å². The van der Waals surface area contributed by atoms with Gasteiger partial charge in [-0.3, -0.25) is 57.5 Å². The van der Waals surface area contributed by atoms with E-state index in [1.54, 1.807) is 153 Å². The van der Waals surface area contributed by atoms with Gasteiger partial charge in [-0.25, -0.2) is 14.4 Å². The van der Waals surface area contributed by atoms with Crippen LogP contribution in [0.2, 0.25) is 0 Å². The van der Waals surface area contributed by atoms with Crippen LogP contribution < -0.4 is 31.9 Å². The first kappa shape index (κ1) is 123. The van der Waals surface area contributed by atoms with Gasteiger partial charge in [0.1, 0.15) is 51.5 Å². The molecule has 42 nitrogen and oxygen atoms in total. The van der Waals surface area contributed by atoms with Crippen LogP contribution in [-0.4, -0.2) is 324 Å². The maximum atomic E-state index is 14.9. The molecule has 6 N–H and O–H groups in total. The summed E-state index contributed by atoms with van der Waals surface area (Å²) in [7, 11) is 10.9. The van der Waals surface area contributed by atoms with Gasteiger partial charge in [-0.05, 0) is 134 Å². The maximum Gasteiger partial charge on any atom is 0.408 e. The maximum absolute atomic E-state index is 14.9. The molecule has 0 bridgehead atoms. The Kier molecular flexibility index (Phi) is 55.5. The Balaban J connectivity index is 1.95. The number of benzene rings is 4. The van der Waals surface area contributed by atoms with E-state index in [-0.39, 0.29) is 196 Å². The monoisotopic (exact) mass is 2020 g/mol. The molecule has 792 valence electrons. The van der Waals surface area contributed by atoms with Crippen molar-refractivity contribution in [1.29, 1.82) is 0 Å². The molecule has 0 aliphatic heterocycles. The zero-order valence-electron chi connectivity index (χ0n) is 85.3. The van der Waals surface area contributed by atoms with Crippen molar-refractivity contribution in [2.45, 2.75) is 191 Å². The second kappa shape index (κ2) is 65.0. The van der Waals surface area contributed by atoms with Gasteiger partial charge in [0.25, 0.3) is 0 Å². The SMILES string of the molecule is COC(=O)CCOCC(COCCC(=O)OC)(COCCC(=O)OC)NC(=O)[C@H](Cc1ccc(C#Cc2cc(C#Cc3ccc(C[C@H](NC(=O)OC(C)(C)C)C(=O)NC(COCCC(=O)OC)(COCCC(=O)OC)COCCC(=O)OC)cc3)cc(C#Cc3ccc(C[C@H](NC(=O)OC(C)(C)C)C(=O)NC(COCCC(=O)OC)(COCCC(=O)OC)COCCC(=O)OC)cc3)c2)cc1)NC(=O)OC(C)(C)C. The number of carbonyl (C=O) groups is 15. The number of hydrogen-bond donors (Lipinski definition) is 6. The van der Waals surface area contributed by atoms with Crippen molar-refractivity contribution in [3.8, 4) is 35.5 Å². The topological polar surface area (TPSA) is 522 Å². The van der Waals surface area contributed by atoms with Crippen molar-refractivity contribution in [1.82, 2.24) is 31.9 Å². The highest BCUT2D eigenvalue weighted by atomic mass is 16.6. The number of rotatable bonds is 60. The van der Waals surface area contributed by atoms with Crippen molar-refractivity contribution in [2.75, 3.05) is 183 Å². The van der Waals surface area contributed by atoms with Crippen LogP contribution in [0.1, 0.15) is 170 Å². The highest BCUT2D eigenvalue weighted by Crippen LogP contribution is 2.22. The molecule has 4 rings (SSSR count). The molecule has 0 unspecified atom stereocenters. The van der Waals surface area contributed by atoms with E-state index >= 15 is 0 Å². The predicted molar refractivity (Wildman–Crippen MR) is 514 cm³/mol. The van der Waals surface area contributed by atoms with Crippen molar-refractivity contribution in [3.05, 3.63) is 141 Å². The number of carbonyl (C=O) groups excluding carboxylic acids is 15. The van der Waals surface area contributed by atoms with E-state index < -0.39 is 141 Å². The van der Waals surface area contributed by atoms with Crippen molar-refractivity contribution in [3.63, 3.8) is 0 Å². The normalized spacial score (nSPS) is 12.0. The molecule has 0 aromatic heterocycles. The minimum atomic E-state index is -1.61. The lowest BCUT2D eigenvalue weighted by molar-refractivity contribution is -0.145. The molecule has 0 aliphatic carbocycles. The average Bonchev–Trinajstić information content (AvgIpc) is 0.836. The van der Waals surface area contributed by atoms with Crippen LogP contribution in [0.3, 0.4) is 0 Å². The highest BCUT2D eigenvalue weighted by Gasteiger charge is 2.42. The van der Waals surface area contributed by atoms with Gasteiger partial charge in [-0.15, -0.1) is 0 Å². The van der Waals surface area contributed by atoms with E-state index in [0.29, 0.717) is 50.1 Å². The summed E-state index contributed by atoms with van der Waals surface area (Å²) >= 11 is 0. The largest absolute Gasteiger partial charge is 0.469 e. The van der Waals surface area contributed by atoms with Gasteiger partial charge in [-0.2, -0.15) is 0 Å². The van der Waals surface area contributed by atoms with Gasteiger partial charge in [-0.1, -0.05) is 71.9 Å². The lowest BCUT2D eigenvalue weighted by Gasteiger charge is -2.35. The summed E-state index contributed by atoms with van der Waals surface area (Å²) in [4.78, 5) is 196. The molecule has 4 aromatic carbocycles.